The highest BCUT2D eigenvalue weighted by molar-refractivity contribution is 5.92. The predicted octanol–water partition coefficient (Wildman–Crippen LogP) is 1.76. The Morgan fingerprint density at radius 1 is 1.44 bits per heavy atom. The first kappa shape index (κ1) is 10.8. The molecule has 0 unspecified atom stereocenters. The number of rotatable bonds is 1. The molecule has 0 saturated carbocycles. The molecule has 6 heteroatoms. The molecule has 3 N–H and O–H groups in total. The van der Waals surface area contributed by atoms with Gasteiger partial charge in [0.05, 0.1) is 17.6 Å². The Hall–Kier alpha value is -1.75. The van der Waals surface area contributed by atoms with Crippen LogP contribution in [-0.2, 0) is 0 Å². The van der Waals surface area contributed by atoms with Gasteiger partial charge in [0, 0.05) is 30.8 Å². The van der Waals surface area contributed by atoms with E-state index in [1.54, 1.807) is 6.20 Å². The number of nitrogens with zero attached hydrogens (tertiary/aromatic N) is 3. The van der Waals surface area contributed by atoms with Crippen molar-refractivity contribution in [3.8, 4) is 0 Å². The van der Waals surface area contributed by atoms with Crippen LogP contribution < -0.4 is 10.7 Å². The topological polar surface area (TPSA) is 70.3 Å². The fourth-order valence-corrected chi connectivity index (χ4v) is 1.80. The normalized spacial score (nSPS) is 14.4. The summed E-state index contributed by atoms with van der Waals surface area (Å²) < 4.78 is 0. The van der Waals surface area contributed by atoms with Gasteiger partial charge in [-0.25, -0.2) is 4.98 Å². The van der Waals surface area contributed by atoms with Crippen molar-refractivity contribution in [2.45, 2.75) is 6.42 Å². The van der Waals surface area contributed by atoms with E-state index in [1.807, 2.05) is 23.5 Å². The minimum absolute atomic E-state index is 0. The number of anilines is 2. The van der Waals surface area contributed by atoms with Gasteiger partial charge in [-0.1, -0.05) is 0 Å². The molecule has 84 valence electrons. The molecule has 0 aromatic carbocycles. The van der Waals surface area contributed by atoms with E-state index in [0.717, 1.165) is 29.7 Å². The van der Waals surface area contributed by atoms with Crippen molar-refractivity contribution in [2.75, 3.05) is 17.3 Å². The van der Waals surface area contributed by atoms with Crippen LogP contribution in [0.3, 0.4) is 0 Å². The van der Waals surface area contributed by atoms with Gasteiger partial charge in [0.15, 0.2) is 0 Å². The molecule has 2 aromatic heterocycles. The quantitative estimate of drug-likeness (QED) is 0.794. The van der Waals surface area contributed by atoms with Gasteiger partial charge in [-0.15, -0.1) is 12.4 Å². The van der Waals surface area contributed by atoms with Crippen LogP contribution in [0.5, 0.6) is 0 Å². The summed E-state index contributed by atoms with van der Waals surface area (Å²) in [6.07, 6.45) is 6.47. The molecular weight excluding hydrogens is 226 g/mol. The van der Waals surface area contributed by atoms with Gasteiger partial charge in [0.1, 0.15) is 5.65 Å². The first-order valence-corrected chi connectivity index (χ1v) is 4.87. The molecule has 1 aliphatic rings. The second-order valence-corrected chi connectivity index (χ2v) is 3.55. The number of hydrogen-bond acceptors (Lipinski definition) is 4. The second kappa shape index (κ2) is 4.02. The number of pyridine rings is 1. The number of nitrogens with two attached hydrogens (primary N) is 1. The molecule has 0 spiro atoms. The van der Waals surface area contributed by atoms with Gasteiger partial charge in [-0.05, 0) is 6.07 Å². The number of halogens is 1. The molecule has 1 aliphatic heterocycles. The third kappa shape index (κ3) is 1.59. The highest BCUT2D eigenvalue weighted by Crippen LogP contribution is 2.28. The molecule has 3 rings (SSSR count). The standard InChI is InChI=1S/C10H11N5.ClH/c11-7-4-8-9(15-3-1-2-14-15)6-13-10(8)12-5-7;/h2,4-6H,1,3,11H2,(H,12,13);1H. The molecule has 0 amide bonds. The Morgan fingerprint density at radius 2 is 2.31 bits per heavy atom. The Balaban J connectivity index is 0.000000963. The maximum Gasteiger partial charge on any atom is 0.139 e. The summed E-state index contributed by atoms with van der Waals surface area (Å²) in [4.78, 5) is 7.32. The lowest BCUT2D eigenvalue weighted by Gasteiger charge is -2.11. The van der Waals surface area contributed by atoms with Crippen molar-refractivity contribution in [1.29, 1.82) is 0 Å². The fourth-order valence-electron chi connectivity index (χ4n) is 1.80. The number of hydrogen-bond donors (Lipinski definition) is 2. The molecule has 16 heavy (non-hydrogen) atoms. The summed E-state index contributed by atoms with van der Waals surface area (Å²) in [6, 6.07) is 1.92. The molecular formula is C10H12ClN5. The van der Waals surface area contributed by atoms with Crippen molar-refractivity contribution in [1.82, 2.24) is 9.97 Å². The van der Waals surface area contributed by atoms with E-state index in [4.69, 9.17) is 5.73 Å². The van der Waals surface area contributed by atoms with Crippen molar-refractivity contribution >= 4 is 41.0 Å². The Kier molecular flexibility index (Phi) is 2.70. The zero-order chi connectivity index (χ0) is 10.3. The molecule has 5 nitrogen and oxygen atoms in total. The van der Waals surface area contributed by atoms with Crippen LogP contribution in [0, 0.1) is 0 Å². The molecule has 3 heterocycles. The minimum atomic E-state index is 0. The van der Waals surface area contributed by atoms with Crippen molar-refractivity contribution in [3.63, 3.8) is 0 Å². The van der Waals surface area contributed by atoms with Crippen molar-refractivity contribution in [3.05, 3.63) is 18.5 Å². The third-order valence-electron chi connectivity index (χ3n) is 2.50. The number of H-pyrrole nitrogens is 1. The van der Waals surface area contributed by atoms with E-state index in [2.05, 4.69) is 15.1 Å². The highest BCUT2D eigenvalue weighted by Gasteiger charge is 2.13. The number of nitrogen functional groups attached to an aromatic ring is 1. The van der Waals surface area contributed by atoms with Crippen LogP contribution in [0.1, 0.15) is 6.42 Å². The molecule has 2 aromatic rings. The van der Waals surface area contributed by atoms with Gasteiger partial charge in [0.2, 0.25) is 0 Å². The van der Waals surface area contributed by atoms with Gasteiger partial charge in [-0.2, -0.15) is 5.10 Å². The van der Waals surface area contributed by atoms with E-state index < -0.39 is 0 Å². The smallest absolute Gasteiger partial charge is 0.139 e. The van der Waals surface area contributed by atoms with Gasteiger partial charge in [0.25, 0.3) is 0 Å². The van der Waals surface area contributed by atoms with Crippen LogP contribution in [0.4, 0.5) is 11.4 Å². The monoisotopic (exact) mass is 237 g/mol. The molecule has 0 atom stereocenters. The minimum Gasteiger partial charge on any atom is -0.397 e. The fraction of sp³-hybridized carbons (Fsp3) is 0.200. The van der Waals surface area contributed by atoms with E-state index in [0.29, 0.717) is 5.69 Å². The van der Waals surface area contributed by atoms with E-state index in [1.165, 1.54) is 0 Å². The van der Waals surface area contributed by atoms with Gasteiger partial charge < -0.3 is 10.7 Å². The lowest BCUT2D eigenvalue weighted by atomic mass is 10.3. The SMILES string of the molecule is Cl.Nc1cnc2[nH]cc(N3CCC=N3)c2c1. The molecule has 0 bridgehead atoms. The summed E-state index contributed by atoms with van der Waals surface area (Å²) in [5, 5.41) is 7.26. The van der Waals surface area contributed by atoms with E-state index in [9.17, 15) is 0 Å². The lowest BCUT2D eigenvalue weighted by Crippen LogP contribution is -2.11. The first-order chi connectivity index (χ1) is 7.34. The molecule has 0 saturated heterocycles. The van der Waals surface area contributed by atoms with E-state index in [-0.39, 0.29) is 12.4 Å². The molecule has 0 aliphatic carbocycles. The van der Waals surface area contributed by atoms with Gasteiger partial charge >= 0.3 is 0 Å². The zero-order valence-corrected chi connectivity index (χ0v) is 9.37. The number of nitrogens with one attached hydrogen (secondary N) is 1. The zero-order valence-electron chi connectivity index (χ0n) is 8.55. The van der Waals surface area contributed by atoms with Crippen molar-refractivity contribution < 1.29 is 0 Å². The van der Waals surface area contributed by atoms with Gasteiger partial charge in [-0.3, -0.25) is 5.01 Å². The maximum atomic E-state index is 5.72. The number of fused-ring (bicyclic) bond motifs is 1. The van der Waals surface area contributed by atoms with Crippen LogP contribution in [-0.4, -0.2) is 22.7 Å². The highest BCUT2D eigenvalue weighted by atomic mass is 35.5. The Bertz CT molecular complexity index is 533. The maximum absolute atomic E-state index is 5.72. The first-order valence-electron chi connectivity index (χ1n) is 4.87. The Labute approximate surface area is 98.7 Å². The molecule has 0 fully saturated rings. The Morgan fingerprint density at radius 3 is 3.06 bits per heavy atom. The largest absolute Gasteiger partial charge is 0.397 e. The van der Waals surface area contributed by atoms with Crippen molar-refractivity contribution in [2.24, 2.45) is 5.10 Å². The summed E-state index contributed by atoms with van der Waals surface area (Å²) in [7, 11) is 0. The number of hydrazone groups is 1. The predicted molar refractivity (Wildman–Crippen MR) is 68.2 cm³/mol. The summed E-state index contributed by atoms with van der Waals surface area (Å²) >= 11 is 0. The number of aromatic nitrogens is 2. The molecule has 0 radical (unpaired) electrons. The van der Waals surface area contributed by atoms with E-state index >= 15 is 0 Å². The summed E-state index contributed by atoms with van der Waals surface area (Å²) in [5.41, 5.74) is 8.28. The summed E-state index contributed by atoms with van der Waals surface area (Å²) in [6.45, 7) is 0.918. The lowest BCUT2D eigenvalue weighted by molar-refractivity contribution is 0.927. The third-order valence-corrected chi connectivity index (χ3v) is 2.50. The van der Waals surface area contributed by atoms with Crippen LogP contribution in [0.25, 0.3) is 11.0 Å². The second-order valence-electron chi connectivity index (χ2n) is 3.55. The van der Waals surface area contributed by atoms with Crippen LogP contribution in [0.15, 0.2) is 23.6 Å². The van der Waals surface area contributed by atoms with Crippen LogP contribution >= 0.6 is 12.4 Å². The summed E-state index contributed by atoms with van der Waals surface area (Å²) in [5.74, 6) is 0. The number of aromatic amines is 1. The average molecular weight is 238 g/mol. The average Bonchev–Trinajstić information content (AvgIpc) is 2.83. The van der Waals surface area contributed by atoms with Crippen LogP contribution in [0.2, 0.25) is 0 Å².